The van der Waals surface area contributed by atoms with Gasteiger partial charge in [-0.2, -0.15) is 0 Å². The largest absolute Gasteiger partial charge is 0.465 e. The van der Waals surface area contributed by atoms with Crippen molar-refractivity contribution in [2.45, 2.75) is 19.8 Å². The fraction of sp³-hybridized carbons (Fsp3) is 0.182. The number of esters is 1. The Kier molecular flexibility index (Phi) is 6.19. The van der Waals surface area contributed by atoms with E-state index in [0.717, 1.165) is 11.3 Å². The SMILES string of the molecule is COC(=O)c1cccc(NC(=O)c2cc(Nc3ccccc3C(C)C)ncn2)c1. The van der Waals surface area contributed by atoms with E-state index in [9.17, 15) is 9.59 Å². The van der Waals surface area contributed by atoms with E-state index in [1.54, 1.807) is 30.3 Å². The number of nitrogens with zero attached hydrogens (tertiary/aromatic N) is 2. The molecule has 2 aromatic carbocycles. The van der Waals surface area contributed by atoms with Crippen molar-refractivity contribution in [3.8, 4) is 0 Å². The summed E-state index contributed by atoms with van der Waals surface area (Å²) in [6.07, 6.45) is 1.33. The van der Waals surface area contributed by atoms with Gasteiger partial charge < -0.3 is 15.4 Å². The van der Waals surface area contributed by atoms with Gasteiger partial charge in [-0.3, -0.25) is 4.79 Å². The smallest absolute Gasteiger partial charge is 0.337 e. The van der Waals surface area contributed by atoms with Crippen LogP contribution in [0.5, 0.6) is 0 Å². The average molecular weight is 390 g/mol. The van der Waals surface area contributed by atoms with Crippen LogP contribution in [0.15, 0.2) is 60.9 Å². The molecule has 0 radical (unpaired) electrons. The number of para-hydroxylation sites is 1. The van der Waals surface area contributed by atoms with Crippen molar-refractivity contribution < 1.29 is 14.3 Å². The van der Waals surface area contributed by atoms with Crippen molar-refractivity contribution in [3.63, 3.8) is 0 Å². The summed E-state index contributed by atoms with van der Waals surface area (Å²) >= 11 is 0. The summed E-state index contributed by atoms with van der Waals surface area (Å²) in [7, 11) is 1.31. The lowest BCUT2D eigenvalue weighted by atomic mass is 10.0. The number of nitrogens with one attached hydrogen (secondary N) is 2. The molecule has 0 atom stereocenters. The number of ether oxygens (including phenoxy) is 1. The molecule has 0 aliphatic rings. The molecule has 0 unspecified atom stereocenters. The fourth-order valence-electron chi connectivity index (χ4n) is 2.84. The van der Waals surface area contributed by atoms with E-state index in [-0.39, 0.29) is 5.69 Å². The number of aromatic nitrogens is 2. The first-order valence-corrected chi connectivity index (χ1v) is 9.15. The number of amides is 1. The number of hydrogen-bond donors (Lipinski definition) is 2. The van der Waals surface area contributed by atoms with E-state index in [0.29, 0.717) is 23.0 Å². The van der Waals surface area contributed by atoms with Crippen molar-refractivity contribution in [2.75, 3.05) is 17.7 Å². The number of methoxy groups -OCH3 is 1. The van der Waals surface area contributed by atoms with Gasteiger partial charge >= 0.3 is 5.97 Å². The van der Waals surface area contributed by atoms with E-state index < -0.39 is 11.9 Å². The minimum atomic E-state index is -0.474. The summed E-state index contributed by atoms with van der Waals surface area (Å²) < 4.78 is 4.70. The first-order chi connectivity index (χ1) is 14.0. The number of hydrogen-bond acceptors (Lipinski definition) is 6. The zero-order chi connectivity index (χ0) is 20.8. The molecule has 3 aromatic rings. The van der Waals surface area contributed by atoms with Crippen LogP contribution < -0.4 is 10.6 Å². The van der Waals surface area contributed by atoms with Gasteiger partial charge in [-0.15, -0.1) is 0 Å². The Morgan fingerprint density at radius 1 is 1.00 bits per heavy atom. The lowest BCUT2D eigenvalue weighted by molar-refractivity contribution is 0.0600. The third-order valence-corrected chi connectivity index (χ3v) is 4.29. The molecule has 0 fully saturated rings. The summed E-state index contributed by atoms with van der Waals surface area (Å²) in [6, 6.07) is 16.0. The Balaban J connectivity index is 1.78. The van der Waals surface area contributed by atoms with Crippen molar-refractivity contribution in [2.24, 2.45) is 0 Å². The molecule has 0 aliphatic carbocycles. The number of rotatable bonds is 6. The van der Waals surface area contributed by atoms with Crippen LogP contribution in [0.4, 0.5) is 17.2 Å². The number of carbonyl (C=O) groups is 2. The number of benzene rings is 2. The molecule has 1 aromatic heterocycles. The van der Waals surface area contributed by atoms with E-state index in [4.69, 9.17) is 4.74 Å². The van der Waals surface area contributed by atoms with E-state index >= 15 is 0 Å². The van der Waals surface area contributed by atoms with Crippen molar-refractivity contribution in [3.05, 3.63) is 77.7 Å². The zero-order valence-corrected chi connectivity index (χ0v) is 16.5. The Hall–Kier alpha value is -3.74. The Bertz CT molecular complexity index is 1030. The zero-order valence-electron chi connectivity index (χ0n) is 16.5. The first-order valence-electron chi connectivity index (χ1n) is 9.15. The first kappa shape index (κ1) is 20.0. The van der Waals surface area contributed by atoms with Gasteiger partial charge in [0, 0.05) is 17.4 Å². The minimum absolute atomic E-state index is 0.202. The average Bonchev–Trinajstić information content (AvgIpc) is 2.73. The van der Waals surface area contributed by atoms with Gasteiger partial charge in [0.1, 0.15) is 17.8 Å². The molecule has 1 heterocycles. The monoisotopic (exact) mass is 390 g/mol. The molecular weight excluding hydrogens is 368 g/mol. The molecule has 0 aliphatic heterocycles. The molecule has 7 heteroatoms. The number of anilines is 3. The van der Waals surface area contributed by atoms with Crippen LogP contribution in [0.1, 0.15) is 46.2 Å². The highest BCUT2D eigenvalue weighted by molar-refractivity contribution is 6.04. The summed E-state index contributed by atoms with van der Waals surface area (Å²) in [6.45, 7) is 4.23. The lowest BCUT2D eigenvalue weighted by Crippen LogP contribution is -2.15. The third-order valence-electron chi connectivity index (χ3n) is 4.29. The topological polar surface area (TPSA) is 93.2 Å². The van der Waals surface area contributed by atoms with Gasteiger partial charge in [-0.25, -0.2) is 14.8 Å². The molecule has 0 saturated carbocycles. The second-order valence-corrected chi connectivity index (χ2v) is 6.68. The van der Waals surface area contributed by atoms with Crippen LogP contribution in [-0.4, -0.2) is 29.0 Å². The maximum atomic E-state index is 12.6. The quantitative estimate of drug-likeness (QED) is 0.607. The van der Waals surface area contributed by atoms with Gasteiger partial charge in [-0.05, 0) is 35.7 Å². The molecule has 0 saturated heterocycles. The lowest BCUT2D eigenvalue weighted by Gasteiger charge is -2.14. The standard InChI is InChI=1S/C22H22N4O3/c1-14(2)17-9-4-5-10-18(17)26-20-12-19(23-13-24-20)21(27)25-16-8-6-7-15(11-16)22(28)29-3/h4-14H,1-3H3,(H,25,27)(H,23,24,26). The van der Waals surface area contributed by atoms with Gasteiger partial charge in [-0.1, -0.05) is 38.1 Å². The predicted molar refractivity (Wildman–Crippen MR) is 112 cm³/mol. The molecule has 2 N–H and O–H groups in total. The Morgan fingerprint density at radius 2 is 1.79 bits per heavy atom. The fourth-order valence-corrected chi connectivity index (χ4v) is 2.84. The van der Waals surface area contributed by atoms with Gasteiger partial charge in [0.2, 0.25) is 0 Å². The maximum Gasteiger partial charge on any atom is 0.337 e. The van der Waals surface area contributed by atoms with Crippen LogP contribution in [-0.2, 0) is 4.74 Å². The predicted octanol–water partition coefficient (Wildman–Crippen LogP) is 4.38. The van der Waals surface area contributed by atoms with Gasteiger partial charge in [0.25, 0.3) is 5.91 Å². The summed E-state index contributed by atoms with van der Waals surface area (Å²) in [5.41, 5.74) is 3.10. The van der Waals surface area contributed by atoms with Crippen molar-refractivity contribution >= 4 is 29.1 Å². The van der Waals surface area contributed by atoms with E-state index in [1.807, 2.05) is 18.2 Å². The van der Waals surface area contributed by atoms with E-state index in [1.165, 1.54) is 13.4 Å². The van der Waals surface area contributed by atoms with Crippen LogP contribution >= 0.6 is 0 Å². The molecule has 148 valence electrons. The highest BCUT2D eigenvalue weighted by Crippen LogP contribution is 2.26. The molecule has 1 amide bonds. The van der Waals surface area contributed by atoms with Crippen LogP contribution in [0, 0.1) is 0 Å². The van der Waals surface area contributed by atoms with E-state index in [2.05, 4.69) is 40.5 Å². The third kappa shape index (κ3) is 4.95. The second kappa shape index (κ2) is 8.97. The molecule has 0 spiro atoms. The number of carbonyl (C=O) groups excluding carboxylic acids is 2. The Morgan fingerprint density at radius 3 is 2.55 bits per heavy atom. The molecular formula is C22H22N4O3. The summed E-state index contributed by atoms with van der Waals surface area (Å²) in [5, 5.41) is 5.99. The summed E-state index contributed by atoms with van der Waals surface area (Å²) in [4.78, 5) is 32.5. The van der Waals surface area contributed by atoms with Crippen LogP contribution in [0.2, 0.25) is 0 Å². The molecule has 3 rings (SSSR count). The highest BCUT2D eigenvalue weighted by Gasteiger charge is 2.13. The van der Waals surface area contributed by atoms with Crippen molar-refractivity contribution in [1.29, 1.82) is 0 Å². The highest BCUT2D eigenvalue weighted by atomic mass is 16.5. The molecule has 7 nitrogen and oxygen atoms in total. The summed E-state index contributed by atoms with van der Waals surface area (Å²) in [5.74, 6) is -0.0278. The normalized spacial score (nSPS) is 10.5. The van der Waals surface area contributed by atoms with Gasteiger partial charge in [0.15, 0.2) is 0 Å². The van der Waals surface area contributed by atoms with Crippen molar-refractivity contribution in [1.82, 2.24) is 9.97 Å². The minimum Gasteiger partial charge on any atom is -0.465 e. The Labute approximate surface area is 169 Å². The van der Waals surface area contributed by atoms with Crippen LogP contribution in [0.3, 0.4) is 0 Å². The maximum absolute atomic E-state index is 12.6. The van der Waals surface area contributed by atoms with Gasteiger partial charge in [0.05, 0.1) is 12.7 Å². The van der Waals surface area contributed by atoms with Crippen LogP contribution in [0.25, 0.3) is 0 Å². The molecule has 29 heavy (non-hydrogen) atoms. The molecule has 0 bridgehead atoms. The second-order valence-electron chi connectivity index (χ2n) is 6.68.